The third-order valence-electron chi connectivity index (χ3n) is 3.01. The highest BCUT2D eigenvalue weighted by molar-refractivity contribution is 6.74. The first-order valence-electron chi connectivity index (χ1n) is 6.29. The Hall–Kier alpha value is -1.27. The van der Waals surface area contributed by atoms with Crippen molar-refractivity contribution >= 4 is 8.32 Å². The van der Waals surface area contributed by atoms with E-state index in [1.54, 1.807) is 0 Å². The predicted molar refractivity (Wildman–Crippen MR) is 69.0 cm³/mol. The lowest BCUT2D eigenvalue weighted by Gasteiger charge is -2.36. The second-order valence-electron chi connectivity index (χ2n) is 5.33. The van der Waals surface area contributed by atoms with Gasteiger partial charge in [0.1, 0.15) is 5.75 Å². The van der Waals surface area contributed by atoms with E-state index < -0.39 is 8.32 Å². The van der Waals surface area contributed by atoms with Gasteiger partial charge in [0.2, 0.25) is 8.32 Å². The van der Waals surface area contributed by atoms with Crippen molar-refractivity contribution < 1.29 is 7.17 Å². The standard InChI is InChI=1S/C13H19NOSi/c1-13(2,3)16(4,5)15-12-8-6-11(10-14)7-9-12/h6-9H,1-5H3/i6D,7D. The van der Waals surface area contributed by atoms with Gasteiger partial charge in [0.05, 0.1) is 14.4 Å². The Labute approximate surface area is 102 Å². The maximum atomic E-state index is 8.83. The van der Waals surface area contributed by atoms with Crippen LogP contribution in [0.25, 0.3) is 0 Å². The minimum Gasteiger partial charge on any atom is -0.544 e. The molecule has 1 aromatic carbocycles. The number of hydrogen-bond donors (Lipinski definition) is 0. The molecule has 86 valence electrons. The van der Waals surface area contributed by atoms with Gasteiger partial charge in [0.15, 0.2) is 0 Å². The molecule has 0 aliphatic rings. The SMILES string of the molecule is [2H]c1cc(O[Si](C)(C)C(C)(C)C)cc([2H])c1C#N. The molecule has 0 atom stereocenters. The van der Waals surface area contributed by atoms with Crippen LogP contribution in [0, 0.1) is 11.3 Å². The zero-order valence-corrected chi connectivity index (χ0v) is 11.5. The molecule has 1 aromatic rings. The smallest absolute Gasteiger partial charge is 0.250 e. The van der Waals surface area contributed by atoms with Gasteiger partial charge in [0, 0.05) is 0 Å². The van der Waals surface area contributed by atoms with Crippen molar-refractivity contribution in [2.24, 2.45) is 0 Å². The molecule has 0 saturated carbocycles. The lowest BCUT2D eigenvalue weighted by Crippen LogP contribution is -2.43. The van der Waals surface area contributed by atoms with Gasteiger partial charge in [-0.15, -0.1) is 0 Å². The molecule has 0 aliphatic carbocycles. The molecule has 0 radical (unpaired) electrons. The van der Waals surface area contributed by atoms with Crippen LogP contribution < -0.4 is 4.43 Å². The summed E-state index contributed by atoms with van der Waals surface area (Å²) in [7, 11) is -1.97. The van der Waals surface area contributed by atoms with E-state index in [1.807, 2.05) is 6.07 Å². The molecular weight excluding hydrogens is 214 g/mol. The van der Waals surface area contributed by atoms with Gasteiger partial charge in [-0.05, 0) is 42.3 Å². The fourth-order valence-electron chi connectivity index (χ4n) is 0.941. The summed E-state index contributed by atoms with van der Waals surface area (Å²) < 4.78 is 21.4. The zero-order valence-electron chi connectivity index (χ0n) is 12.5. The van der Waals surface area contributed by atoms with E-state index in [0.717, 1.165) is 0 Å². The Morgan fingerprint density at radius 2 is 1.81 bits per heavy atom. The van der Waals surface area contributed by atoms with E-state index in [4.69, 9.17) is 12.4 Å². The van der Waals surface area contributed by atoms with Crippen LogP contribution >= 0.6 is 0 Å². The fourth-order valence-corrected chi connectivity index (χ4v) is 1.95. The molecule has 0 heterocycles. The molecule has 0 saturated heterocycles. The summed E-state index contributed by atoms with van der Waals surface area (Å²) in [4.78, 5) is 0. The van der Waals surface area contributed by atoms with Crippen molar-refractivity contribution in [1.82, 2.24) is 0 Å². The summed E-state index contributed by atoms with van der Waals surface area (Å²) in [5, 5.41) is 8.89. The topological polar surface area (TPSA) is 33.0 Å². The van der Waals surface area contributed by atoms with Crippen LogP contribution in [0.1, 0.15) is 29.1 Å². The molecule has 2 nitrogen and oxygen atoms in total. The van der Waals surface area contributed by atoms with E-state index in [1.165, 1.54) is 12.1 Å². The summed E-state index contributed by atoms with van der Waals surface area (Å²) in [5.41, 5.74) is 0.0950. The Morgan fingerprint density at radius 3 is 2.19 bits per heavy atom. The highest BCUT2D eigenvalue weighted by Gasteiger charge is 2.38. The van der Waals surface area contributed by atoms with E-state index >= 15 is 0 Å². The van der Waals surface area contributed by atoms with Crippen LogP contribution in [0.15, 0.2) is 24.2 Å². The first-order chi connectivity index (χ1) is 8.08. The van der Waals surface area contributed by atoms with Crippen LogP contribution in [-0.2, 0) is 0 Å². The average molecular weight is 235 g/mol. The van der Waals surface area contributed by atoms with Crippen molar-refractivity contribution in [2.45, 2.75) is 38.9 Å². The zero-order chi connectivity index (χ0) is 14.1. The lowest BCUT2D eigenvalue weighted by molar-refractivity contribution is 0.492. The van der Waals surface area contributed by atoms with Gasteiger partial charge in [-0.1, -0.05) is 20.8 Å². The molecule has 1 rings (SSSR count). The molecule has 0 fully saturated rings. The van der Waals surface area contributed by atoms with Crippen molar-refractivity contribution in [3.05, 3.63) is 29.8 Å². The van der Waals surface area contributed by atoms with E-state index in [-0.39, 0.29) is 22.7 Å². The van der Waals surface area contributed by atoms with Gasteiger partial charge in [-0.25, -0.2) is 0 Å². The normalized spacial score (nSPS) is 13.8. The van der Waals surface area contributed by atoms with Crippen LogP contribution in [0.2, 0.25) is 18.1 Å². The third-order valence-corrected chi connectivity index (χ3v) is 7.37. The molecule has 0 amide bonds. The number of nitrogens with zero attached hydrogens (tertiary/aromatic N) is 1. The number of nitriles is 1. The molecule has 16 heavy (non-hydrogen) atoms. The average Bonchev–Trinajstić information content (AvgIpc) is 2.14. The molecular formula is C13H19NOSi. The van der Waals surface area contributed by atoms with Crippen molar-refractivity contribution in [3.8, 4) is 11.8 Å². The number of benzene rings is 1. The Balaban J connectivity index is 3.12. The summed E-state index contributed by atoms with van der Waals surface area (Å²) in [6.45, 7) is 10.6. The maximum absolute atomic E-state index is 8.83. The molecule has 0 aliphatic heterocycles. The second kappa shape index (κ2) is 4.30. The second-order valence-corrected chi connectivity index (χ2v) is 10.1. The van der Waals surface area contributed by atoms with Crippen molar-refractivity contribution in [2.75, 3.05) is 0 Å². The van der Waals surface area contributed by atoms with Crippen LogP contribution in [-0.4, -0.2) is 8.32 Å². The minimum atomic E-state index is -1.97. The van der Waals surface area contributed by atoms with Crippen LogP contribution in [0.3, 0.4) is 0 Å². The quantitative estimate of drug-likeness (QED) is 0.727. The van der Waals surface area contributed by atoms with E-state index in [9.17, 15) is 0 Å². The van der Waals surface area contributed by atoms with Gasteiger partial charge in [-0.2, -0.15) is 5.26 Å². The van der Waals surface area contributed by atoms with Gasteiger partial charge < -0.3 is 4.43 Å². The summed E-state index contributed by atoms with van der Waals surface area (Å²) in [6, 6.07) is 5.02. The molecule has 0 spiro atoms. The van der Waals surface area contributed by atoms with Gasteiger partial charge >= 0.3 is 0 Å². The summed E-state index contributed by atoms with van der Waals surface area (Å²) in [6.07, 6.45) is 0. The van der Waals surface area contributed by atoms with Crippen LogP contribution in [0.4, 0.5) is 0 Å². The molecule has 3 heteroatoms. The van der Waals surface area contributed by atoms with Crippen molar-refractivity contribution in [3.63, 3.8) is 0 Å². The molecule has 0 unspecified atom stereocenters. The molecule has 0 bridgehead atoms. The maximum Gasteiger partial charge on any atom is 0.250 e. The summed E-state index contributed by atoms with van der Waals surface area (Å²) in [5.74, 6) is 0.524. The Morgan fingerprint density at radius 1 is 1.31 bits per heavy atom. The monoisotopic (exact) mass is 235 g/mol. The lowest BCUT2D eigenvalue weighted by atomic mass is 10.2. The third kappa shape index (κ3) is 2.86. The van der Waals surface area contributed by atoms with Crippen molar-refractivity contribution in [1.29, 1.82) is 5.26 Å². The first-order valence-corrected chi connectivity index (χ1v) is 8.19. The van der Waals surface area contributed by atoms with E-state index in [2.05, 4.69) is 33.9 Å². The highest BCUT2D eigenvalue weighted by Crippen LogP contribution is 2.37. The minimum absolute atomic E-state index is 0.0544. The van der Waals surface area contributed by atoms with E-state index in [0.29, 0.717) is 5.75 Å². The van der Waals surface area contributed by atoms with Gasteiger partial charge in [0.25, 0.3) is 0 Å². The molecule has 0 N–H and O–H groups in total. The summed E-state index contributed by atoms with van der Waals surface area (Å²) >= 11 is 0. The fraction of sp³-hybridized carbons (Fsp3) is 0.462. The Bertz CT molecular complexity index is 478. The Kier molecular flexibility index (Phi) is 2.67. The number of rotatable bonds is 2. The number of hydrogen-bond acceptors (Lipinski definition) is 2. The molecule has 0 aromatic heterocycles. The predicted octanol–water partition coefficient (Wildman–Crippen LogP) is 3.94. The van der Waals surface area contributed by atoms with Gasteiger partial charge in [-0.3, -0.25) is 0 Å². The highest BCUT2D eigenvalue weighted by atomic mass is 28.4. The largest absolute Gasteiger partial charge is 0.544 e. The van der Waals surface area contributed by atoms with Crippen LogP contribution in [0.5, 0.6) is 5.75 Å². The first kappa shape index (κ1) is 9.92.